The summed E-state index contributed by atoms with van der Waals surface area (Å²) in [6.45, 7) is 4.89. The molecule has 0 spiro atoms. The Morgan fingerprint density at radius 3 is 2.25 bits per heavy atom. The molecule has 1 aromatic rings. The van der Waals surface area contributed by atoms with E-state index in [2.05, 4.69) is 0 Å². The van der Waals surface area contributed by atoms with Crippen LogP contribution in [-0.4, -0.2) is 28.8 Å². The van der Waals surface area contributed by atoms with Crippen LogP contribution in [0.15, 0.2) is 30.3 Å². The number of halogens is 1. The van der Waals surface area contributed by atoms with Crippen LogP contribution < -0.4 is 5.32 Å². The SMILES string of the molecule is CC(C)(C)OC(=O)N[C@@H](C(=O)O)[C@@H](F)c1ccccc1. The summed E-state index contributed by atoms with van der Waals surface area (Å²) in [5.41, 5.74) is -0.609. The van der Waals surface area contributed by atoms with Gasteiger partial charge in [-0.1, -0.05) is 30.3 Å². The van der Waals surface area contributed by atoms with Crippen molar-refractivity contribution in [1.29, 1.82) is 0 Å². The highest BCUT2D eigenvalue weighted by Gasteiger charge is 2.32. The van der Waals surface area contributed by atoms with Gasteiger partial charge in [0.05, 0.1) is 0 Å². The molecule has 2 N–H and O–H groups in total. The molecule has 1 aromatic carbocycles. The Bertz CT molecular complexity index is 470. The first-order chi connectivity index (χ1) is 9.20. The third kappa shape index (κ3) is 4.87. The van der Waals surface area contributed by atoms with Crippen molar-refractivity contribution in [3.05, 3.63) is 35.9 Å². The molecule has 1 amide bonds. The van der Waals surface area contributed by atoms with Crippen molar-refractivity contribution in [1.82, 2.24) is 5.32 Å². The van der Waals surface area contributed by atoms with Crippen LogP contribution in [0, 0.1) is 0 Å². The zero-order chi connectivity index (χ0) is 15.3. The highest BCUT2D eigenvalue weighted by atomic mass is 19.1. The lowest BCUT2D eigenvalue weighted by Crippen LogP contribution is -2.45. The van der Waals surface area contributed by atoms with E-state index in [1.807, 2.05) is 5.32 Å². The van der Waals surface area contributed by atoms with Crippen LogP contribution in [0.4, 0.5) is 9.18 Å². The summed E-state index contributed by atoms with van der Waals surface area (Å²) in [7, 11) is 0. The Morgan fingerprint density at radius 2 is 1.80 bits per heavy atom. The molecule has 5 nitrogen and oxygen atoms in total. The van der Waals surface area contributed by atoms with Crippen LogP contribution in [0.2, 0.25) is 0 Å². The van der Waals surface area contributed by atoms with Crippen LogP contribution >= 0.6 is 0 Å². The Balaban J connectivity index is 2.80. The molecule has 0 aliphatic rings. The maximum absolute atomic E-state index is 14.2. The number of benzene rings is 1. The van der Waals surface area contributed by atoms with Crippen LogP contribution in [0.1, 0.15) is 32.5 Å². The smallest absolute Gasteiger partial charge is 0.408 e. The van der Waals surface area contributed by atoms with Crippen molar-refractivity contribution in [3.8, 4) is 0 Å². The number of alkyl carbamates (subject to hydrolysis) is 1. The van der Waals surface area contributed by atoms with E-state index < -0.39 is 29.9 Å². The predicted octanol–water partition coefficient (Wildman–Crippen LogP) is 2.68. The summed E-state index contributed by atoms with van der Waals surface area (Å²) >= 11 is 0. The largest absolute Gasteiger partial charge is 0.480 e. The average molecular weight is 283 g/mol. The molecule has 110 valence electrons. The van der Waals surface area contributed by atoms with Crippen LogP contribution in [0.3, 0.4) is 0 Å². The van der Waals surface area contributed by atoms with Crippen LogP contribution in [0.25, 0.3) is 0 Å². The number of carboxylic acid groups (broad SMARTS) is 1. The molecule has 0 saturated carbocycles. The van der Waals surface area contributed by atoms with Gasteiger partial charge in [0.1, 0.15) is 5.60 Å². The molecule has 0 radical (unpaired) electrons. The summed E-state index contributed by atoms with van der Waals surface area (Å²) in [5, 5.41) is 11.1. The number of hydrogen-bond donors (Lipinski definition) is 2. The number of carbonyl (C=O) groups is 2. The Kier molecular flexibility index (Phi) is 5.07. The summed E-state index contributed by atoms with van der Waals surface area (Å²) in [6, 6.07) is 6.08. The lowest BCUT2D eigenvalue weighted by Gasteiger charge is -2.23. The van der Waals surface area contributed by atoms with Crippen molar-refractivity contribution in [2.75, 3.05) is 0 Å². The quantitative estimate of drug-likeness (QED) is 0.890. The fraction of sp³-hybridized carbons (Fsp3) is 0.429. The minimum atomic E-state index is -1.86. The van der Waals surface area contributed by atoms with E-state index in [-0.39, 0.29) is 5.56 Å². The molecule has 0 unspecified atom stereocenters. The van der Waals surface area contributed by atoms with Crippen molar-refractivity contribution < 1.29 is 23.8 Å². The molecule has 0 fully saturated rings. The van der Waals surface area contributed by atoms with Crippen LogP contribution in [-0.2, 0) is 9.53 Å². The second kappa shape index (κ2) is 6.36. The van der Waals surface area contributed by atoms with E-state index >= 15 is 0 Å². The molecule has 1 rings (SSSR count). The fourth-order valence-electron chi connectivity index (χ4n) is 1.52. The first kappa shape index (κ1) is 15.9. The molecule has 0 heterocycles. The van der Waals surface area contributed by atoms with Crippen molar-refractivity contribution in [3.63, 3.8) is 0 Å². The van der Waals surface area contributed by atoms with Gasteiger partial charge in [-0.05, 0) is 26.3 Å². The first-order valence-electron chi connectivity index (χ1n) is 6.12. The third-order valence-electron chi connectivity index (χ3n) is 2.35. The summed E-state index contributed by atoms with van der Waals surface area (Å²) in [5.74, 6) is -1.47. The lowest BCUT2D eigenvalue weighted by molar-refractivity contribution is -0.141. The number of nitrogens with one attached hydrogen (secondary N) is 1. The number of amides is 1. The Hall–Kier alpha value is -2.11. The van der Waals surface area contributed by atoms with Gasteiger partial charge in [0.2, 0.25) is 0 Å². The minimum Gasteiger partial charge on any atom is -0.480 e. The third-order valence-corrected chi connectivity index (χ3v) is 2.35. The number of alkyl halides is 1. The summed E-state index contributed by atoms with van der Waals surface area (Å²) in [4.78, 5) is 22.7. The second-order valence-corrected chi connectivity index (χ2v) is 5.27. The molecular weight excluding hydrogens is 265 g/mol. The molecule has 0 bridgehead atoms. The number of hydrogen-bond acceptors (Lipinski definition) is 3. The van der Waals surface area contributed by atoms with Gasteiger partial charge >= 0.3 is 12.1 Å². The number of rotatable bonds is 4. The molecule has 2 atom stereocenters. The molecular formula is C14H18FNO4. The van der Waals surface area contributed by atoms with E-state index in [9.17, 15) is 14.0 Å². The number of ether oxygens (including phenoxy) is 1. The zero-order valence-electron chi connectivity index (χ0n) is 11.6. The Morgan fingerprint density at radius 1 is 1.25 bits per heavy atom. The minimum absolute atomic E-state index is 0.177. The Labute approximate surface area is 116 Å². The van der Waals surface area contributed by atoms with E-state index in [1.54, 1.807) is 39.0 Å². The maximum Gasteiger partial charge on any atom is 0.408 e. The van der Waals surface area contributed by atoms with Crippen molar-refractivity contribution >= 4 is 12.1 Å². The molecule has 6 heteroatoms. The van der Waals surface area contributed by atoms with Crippen LogP contribution in [0.5, 0.6) is 0 Å². The standard InChI is InChI=1S/C14H18FNO4/c1-14(2,3)20-13(19)16-11(12(17)18)10(15)9-7-5-4-6-8-9/h4-8,10-11H,1-3H3,(H,16,19)(H,17,18)/t10-,11+/m0/s1. The van der Waals surface area contributed by atoms with Gasteiger partial charge in [-0.2, -0.15) is 0 Å². The first-order valence-corrected chi connectivity index (χ1v) is 6.12. The molecule has 0 aromatic heterocycles. The van der Waals surface area contributed by atoms with Gasteiger partial charge in [-0.3, -0.25) is 0 Å². The summed E-state index contributed by atoms with van der Waals surface area (Å²) < 4.78 is 19.1. The van der Waals surface area contributed by atoms with Gasteiger partial charge < -0.3 is 15.2 Å². The van der Waals surface area contributed by atoms with E-state index in [0.717, 1.165) is 0 Å². The van der Waals surface area contributed by atoms with Gasteiger partial charge in [0.15, 0.2) is 12.2 Å². The molecule has 0 saturated heterocycles. The highest BCUT2D eigenvalue weighted by Crippen LogP contribution is 2.21. The molecule has 20 heavy (non-hydrogen) atoms. The predicted molar refractivity (Wildman–Crippen MR) is 71.1 cm³/mol. The van der Waals surface area contributed by atoms with Crippen molar-refractivity contribution in [2.24, 2.45) is 0 Å². The zero-order valence-corrected chi connectivity index (χ0v) is 11.6. The normalized spacial score (nSPS) is 14.2. The number of aliphatic carboxylic acids is 1. The monoisotopic (exact) mass is 283 g/mol. The van der Waals surface area contributed by atoms with Gasteiger partial charge in [-0.15, -0.1) is 0 Å². The fourth-order valence-corrected chi connectivity index (χ4v) is 1.52. The van der Waals surface area contributed by atoms with E-state index in [1.165, 1.54) is 12.1 Å². The van der Waals surface area contributed by atoms with Gasteiger partial charge in [-0.25, -0.2) is 14.0 Å². The molecule has 0 aliphatic carbocycles. The van der Waals surface area contributed by atoms with Gasteiger partial charge in [0.25, 0.3) is 0 Å². The highest BCUT2D eigenvalue weighted by molar-refractivity contribution is 5.80. The average Bonchev–Trinajstić information content (AvgIpc) is 2.34. The molecule has 0 aliphatic heterocycles. The van der Waals surface area contributed by atoms with E-state index in [0.29, 0.717) is 0 Å². The topological polar surface area (TPSA) is 75.6 Å². The number of carbonyl (C=O) groups excluding carboxylic acids is 1. The maximum atomic E-state index is 14.2. The second-order valence-electron chi connectivity index (χ2n) is 5.27. The van der Waals surface area contributed by atoms with E-state index in [4.69, 9.17) is 9.84 Å². The number of carboxylic acids is 1. The van der Waals surface area contributed by atoms with Crippen molar-refractivity contribution in [2.45, 2.75) is 38.6 Å². The van der Waals surface area contributed by atoms with Gasteiger partial charge in [0, 0.05) is 0 Å². The summed E-state index contributed by atoms with van der Waals surface area (Å²) in [6.07, 6.45) is -2.83. The lowest BCUT2D eigenvalue weighted by atomic mass is 10.0.